The lowest BCUT2D eigenvalue weighted by Gasteiger charge is -2.28. The van der Waals surface area contributed by atoms with Crippen molar-refractivity contribution in [2.24, 2.45) is 5.92 Å². The van der Waals surface area contributed by atoms with Crippen LogP contribution in [0.4, 0.5) is 0 Å². The molecule has 4 heteroatoms. The molecule has 1 amide bonds. The van der Waals surface area contributed by atoms with E-state index in [1.54, 1.807) is 24.5 Å². The number of aromatic nitrogens is 1. The van der Waals surface area contributed by atoms with Gasteiger partial charge in [-0.05, 0) is 30.9 Å². The predicted octanol–water partition coefficient (Wildman–Crippen LogP) is 2.41. The van der Waals surface area contributed by atoms with E-state index in [4.69, 9.17) is 4.74 Å². The van der Waals surface area contributed by atoms with Gasteiger partial charge in [0.25, 0.3) is 5.91 Å². The first-order valence-corrected chi connectivity index (χ1v) is 7.07. The highest BCUT2D eigenvalue weighted by atomic mass is 16.5. The van der Waals surface area contributed by atoms with E-state index in [1.165, 1.54) is 19.3 Å². The molecule has 104 valence electrons. The fourth-order valence-electron chi connectivity index (χ4n) is 2.51. The van der Waals surface area contributed by atoms with Crippen LogP contribution >= 0.6 is 0 Å². The van der Waals surface area contributed by atoms with Gasteiger partial charge in [-0.3, -0.25) is 9.78 Å². The van der Waals surface area contributed by atoms with Crippen LogP contribution in [-0.4, -0.2) is 30.1 Å². The summed E-state index contributed by atoms with van der Waals surface area (Å²) in [5, 5.41) is 2.86. The minimum absolute atomic E-state index is 0.0670. The predicted molar refractivity (Wildman–Crippen MR) is 73.9 cm³/mol. The van der Waals surface area contributed by atoms with Crippen LogP contribution in [-0.2, 0) is 4.74 Å². The van der Waals surface area contributed by atoms with Crippen LogP contribution in [0.1, 0.15) is 43.0 Å². The molecule has 0 saturated heterocycles. The highest BCUT2D eigenvalue weighted by molar-refractivity contribution is 5.93. The number of amides is 1. The van der Waals surface area contributed by atoms with E-state index in [-0.39, 0.29) is 5.91 Å². The third-order valence-electron chi connectivity index (χ3n) is 3.69. The van der Waals surface area contributed by atoms with Crippen LogP contribution in [0.25, 0.3) is 0 Å². The number of nitrogens with one attached hydrogen (secondary N) is 1. The van der Waals surface area contributed by atoms with Crippen LogP contribution in [0.2, 0.25) is 0 Å². The summed E-state index contributed by atoms with van der Waals surface area (Å²) in [5.74, 6) is 0.576. The van der Waals surface area contributed by atoms with Crippen molar-refractivity contribution in [3.63, 3.8) is 0 Å². The lowest BCUT2D eigenvalue weighted by molar-refractivity contribution is -0.00293. The molecule has 1 aliphatic carbocycles. The quantitative estimate of drug-likeness (QED) is 0.829. The van der Waals surface area contributed by atoms with E-state index in [2.05, 4.69) is 17.2 Å². The second-order valence-electron chi connectivity index (χ2n) is 5.16. The number of pyridine rings is 1. The molecule has 1 fully saturated rings. The molecule has 1 aromatic rings. The molecule has 0 spiro atoms. The zero-order valence-corrected chi connectivity index (χ0v) is 11.5. The van der Waals surface area contributed by atoms with Crippen molar-refractivity contribution in [3.05, 3.63) is 30.1 Å². The van der Waals surface area contributed by atoms with Crippen molar-refractivity contribution in [2.45, 2.75) is 38.7 Å². The van der Waals surface area contributed by atoms with Crippen molar-refractivity contribution in [3.8, 4) is 0 Å². The minimum Gasteiger partial charge on any atom is -0.376 e. The molecule has 4 nitrogen and oxygen atoms in total. The molecule has 1 saturated carbocycles. The molecule has 1 aliphatic rings. The highest BCUT2D eigenvalue weighted by Crippen LogP contribution is 2.25. The van der Waals surface area contributed by atoms with Gasteiger partial charge in [-0.15, -0.1) is 0 Å². The highest BCUT2D eigenvalue weighted by Gasteiger charge is 2.21. The van der Waals surface area contributed by atoms with Crippen LogP contribution < -0.4 is 5.32 Å². The molecule has 1 aromatic heterocycles. The fraction of sp³-hybridized carbons (Fsp3) is 0.600. The smallest absolute Gasteiger partial charge is 0.251 e. The number of carbonyl (C=O) groups excluding carboxylic acids is 1. The van der Waals surface area contributed by atoms with E-state index < -0.39 is 0 Å². The summed E-state index contributed by atoms with van der Waals surface area (Å²) < 4.78 is 5.85. The Hall–Kier alpha value is -1.42. The summed E-state index contributed by atoms with van der Waals surface area (Å²) in [6.07, 6.45) is 8.60. The number of hydrogen-bond donors (Lipinski definition) is 1. The Bertz CT molecular complexity index is 394. The summed E-state index contributed by atoms with van der Waals surface area (Å²) in [6.45, 7) is 3.40. The summed E-state index contributed by atoms with van der Waals surface area (Å²) in [6, 6.07) is 3.42. The Morgan fingerprint density at radius 1 is 1.37 bits per heavy atom. The zero-order chi connectivity index (χ0) is 13.5. The Kier molecular flexibility index (Phi) is 5.33. The van der Waals surface area contributed by atoms with Gasteiger partial charge in [0.05, 0.1) is 12.7 Å². The van der Waals surface area contributed by atoms with Gasteiger partial charge < -0.3 is 10.1 Å². The van der Waals surface area contributed by atoms with Gasteiger partial charge in [0, 0.05) is 24.5 Å². The Labute approximate surface area is 114 Å². The average molecular weight is 262 g/mol. The molecule has 0 radical (unpaired) electrons. The van der Waals surface area contributed by atoms with Crippen molar-refractivity contribution in [1.29, 1.82) is 0 Å². The first-order valence-electron chi connectivity index (χ1n) is 7.07. The zero-order valence-electron chi connectivity index (χ0n) is 11.5. The Morgan fingerprint density at radius 2 is 2.11 bits per heavy atom. The summed E-state index contributed by atoms with van der Waals surface area (Å²) in [7, 11) is 0. The third kappa shape index (κ3) is 4.31. The van der Waals surface area contributed by atoms with Crippen LogP contribution in [0.15, 0.2) is 24.5 Å². The summed E-state index contributed by atoms with van der Waals surface area (Å²) in [5.41, 5.74) is 0.640. The van der Waals surface area contributed by atoms with Crippen molar-refractivity contribution >= 4 is 5.91 Å². The molecule has 0 aromatic carbocycles. The van der Waals surface area contributed by atoms with Crippen LogP contribution in [0, 0.1) is 5.92 Å². The Morgan fingerprint density at radius 3 is 2.84 bits per heavy atom. The van der Waals surface area contributed by atoms with Gasteiger partial charge in [-0.25, -0.2) is 0 Å². The molecule has 1 N–H and O–H groups in total. The maximum absolute atomic E-state index is 11.8. The van der Waals surface area contributed by atoms with Crippen LogP contribution in [0.5, 0.6) is 0 Å². The average Bonchev–Trinajstić information content (AvgIpc) is 2.46. The molecular formula is C15H22N2O2. The number of carbonyl (C=O) groups is 1. The summed E-state index contributed by atoms with van der Waals surface area (Å²) in [4.78, 5) is 15.7. The second kappa shape index (κ2) is 7.24. The third-order valence-corrected chi connectivity index (χ3v) is 3.69. The number of rotatable bonds is 5. The number of nitrogens with zero attached hydrogens (tertiary/aromatic N) is 1. The minimum atomic E-state index is -0.0670. The molecule has 2 atom stereocenters. The largest absolute Gasteiger partial charge is 0.376 e. The maximum atomic E-state index is 11.8. The first-order chi connectivity index (χ1) is 9.27. The SMILES string of the molecule is C[C@@H]1CCCC[C@H]1OCCNC(=O)c1ccncc1. The second-order valence-corrected chi connectivity index (χ2v) is 5.16. The van der Waals surface area contributed by atoms with Crippen molar-refractivity contribution in [1.82, 2.24) is 10.3 Å². The number of hydrogen-bond acceptors (Lipinski definition) is 3. The van der Waals surface area contributed by atoms with Gasteiger partial charge in [-0.1, -0.05) is 19.8 Å². The molecule has 0 aliphatic heterocycles. The standard InChI is InChI=1S/C15H22N2O2/c1-12-4-2-3-5-14(12)19-11-10-17-15(18)13-6-8-16-9-7-13/h6-9,12,14H,2-5,10-11H2,1H3,(H,17,18)/t12-,14-/m1/s1. The normalized spacial score (nSPS) is 23.0. The molecule has 0 unspecified atom stereocenters. The molecule has 1 heterocycles. The van der Waals surface area contributed by atoms with Gasteiger partial charge in [0.15, 0.2) is 0 Å². The Balaban J connectivity index is 1.65. The van der Waals surface area contributed by atoms with Gasteiger partial charge in [0.1, 0.15) is 0 Å². The van der Waals surface area contributed by atoms with Gasteiger partial charge >= 0.3 is 0 Å². The first kappa shape index (κ1) is 14.0. The van der Waals surface area contributed by atoms with Crippen molar-refractivity contribution in [2.75, 3.05) is 13.2 Å². The van der Waals surface area contributed by atoms with Crippen LogP contribution in [0.3, 0.4) is 0 Å². The lowest BCUT2D eigenvalue weighted by Crippen LogP contribution is -2.31. The van der Waals surface area contributed by atoms with E-state index in [1.807, 2.05) is 0 Å². The van der Waals surface area contributed by atoms with E-state index in [0.29, 0.717) is 30.7 Å². The molecule has 19 heavy (non-hydrogen) atoms. The van der Waals surface area contributed by atoms with E-state index >= 15 is 0 Å². The fourth-order valence-corrected chi connectivity index (χ4v) is 2.51. The topological polar surface area (TPSA) is 51.2 Å². The molecular weight excluding hydrogens is 240 g/mol. The van der Waals surface area contributed by atoms with E-state index in [0.717, 1.165) is 6.42 Å². The monoisotopic (exact) mass is 262 g/mol. The van der Waals surface area contributed by atoms with Crippen molar-refractivity contribution < 1.29 is 9.53 Å². The lowest BCUT2D eigenvalue weighted by atomic mass is 9.88. The summed E-state index contributed by atoms with van der Waals surface area (Å²) >= 11 is 0. The van der Waals surface area contributed by atoms with Gasteiger partial charge in [-0.2, -0.15) is 0 Å². The molecule has 0 bridgehead atoms. The molecule has 2 rings (SSSR count). The number of ether oxygens (including phenoxy) is 1. The van der Waals surface area contributed by atoms with Gasteiger partial charge in [0.2, 0.25) is 0 Å². The van der Waals surface area contributed by atoms with E-state index in [9.17, 15) is 4.79 Å². The maximum Gasteiger partial charge on any atom is 0.251 e.